The highest BCUT2D eigenvalue weighted by molar-refractivity contribution is 7.93. The van der Waals surface area contributed by atoms with Crippen LogP contribution in [-0.4, -0.2) is 54.0 Å². The van der Waals surface area contributed by atoms with Crippen molar-refractivity contribution in [3.05, 3.63) is 83.9 Å². The molecular weight excluding hydrogens is 645 g/mol. The Labute approximate surface area is 273 Å². The molecule has 2 atom stereocenters. The van der Waals surface area contributed by atoms with Crippen LogP contribution in [0.15, 0.2) is 82.6 Å². The summed E-state index contributed by atoms with van der Waals surface area (Å²) in [6.07, 6.45) is 10.0. The Morgan fingerprint density at radius 2 is 1.11 bits per heavy atom. The molecule has 0 unspecified atom stereocenters. The van der Waals surface area contributed by atoms with Crippen LogP contribution in [-0.2, 0) is 29.9 Å². The summed E-state index contributed by atoms with van der Waals surface area (Å²) in [6, 6.07) is 18.2. The van der Waals surface area contributed by atoms with Crippen molar-refractivity contribution in [2.45, 2.75) is 98.0 Å². The summed E-state index contributed by atoms with van der Waals surface area (Å²) in [6.45, 7) is 0. The van der Waals surface area contributed by atoms with Gasteiger partial charge in [0.15, 0.2) is 9.84 Å². The van der Waals surface area contributed by atoms with Gasteiger partial charge in [-0.1, -0.05) is 62.8 Å². The maximum absolute atomic E-state index is 14.1. The fourth-order valence-corrected chi connectivity index (χ4v) is 11.9. The van der Waals surface area contributed by atoms with E-state index in [4.69, 9.17) is 0 Å². The van der Waals surface area contributed by atoms with E-state index in [-0.39, 0.29) is 21.2 Å². The monoisotopic (exact) mass is 686 g/mol. The zero-order valence-corrected chi connectivity index (χ0v) is 28.2. The van der Waals surface area contributed by atoms with Crippen molar-refractivity contribution in [3.8, 4) is 0 Å². The Morgan fingerprint density at radius 1 is 0.630 bits per heavy atom. The average molecular weight is 687 g/mol. The van der Waals surface area contributed by atoms with E-state index < -0.39 is 53.5 Å². The normalized spacial score (nSPS) is 22.8. The second-order valence-corrected chi connectivity index (χ2v) is 18.6. The van der Waals surface area contributed by atoms with Crippen LogP contribution in [0.3, 0.4) is 0 Å². The third-order valence-corrected chi connectivity index (χ3v) is 14.7. The first-order chi connectivity index (χ1) is 21.9. The van der Waals surface area contributed by atoms with Gasteiger partial charge in [-0.3, -0.25) is 9.03 Å². The van der Waals surface area contributed by atoms with Gasteiger partial charge in [-0.15, -0.1) is 0 Å². The standard InChI is InChI=1S/C34H42N2O7S3/c37-34-24-44(38,39)23-33(34)36(46(42,43)32-21-13-28(14-22-32)26-9-5-2-6-10-26)30-17-15-29(16-18-30)35-45(40,41)31-19-11-27(12-20-31)25-7-3-1-4-8-25/h11-22,25-26,33-35,37H,1-10,23-24H2/t33-,34-/m1/s1. The number of aliphatic hydroxyl groups excluding tert-OH is 1. The van der Waals surface area contributed by atoms with Crippen LogP contribution in [0.4, 0.5) is 11.4 Å². The number of hydrogen-bond donors (Lipinski definition) is 2. The maximum Gasteiger partial charge on any atom is 0.264 e. The second-order valence-electron chi connectivity index (χ2n) is 13.0. The van der Waals surface area contributed by atoms with Gasteiger partial charge in [-0.2, -0.15) is 0 Å². The third-order valence-electron chi connectivity index (χ3n) is 9.75. The number of nitrogens with one attached hydrogen (secondary N) is 1. The predicted octanol–water partition coefficient (Wildman–Crippen LogP) is 5.94. The Morgan fingerprint density at radius 3 is 1.57 bits per heavy atom. The molecule has 1 saturated heterocycles. The van der Waals surface area contributed by atoms with Crippen molar-refractivity contribution in [2.24, 2.45) is 0 Å². The van der Waals surface area contributed by atoms with E-state index in [1.165, 1.54) is 49.9 Å². The van der Waals surface area contributed by atoms with Gasteiger partial charge in [0, 0.05) is 5.69 Å². The highest BCUT2D eigenvalue weighted by atomic mass is 32.2. The first kappa shape index (κ1) is 33.0. The lowest BCUT2D eigenvalue weighted by molar-refractivity contribution is 0.184. The lowest BCUT2D eigenvalue weighted by Gasteiger charge is -2.31. The molecule has 2 N–H and O–H groups in total. The van der Waals surface area contributed by atoms with Crippen molar-refractivity contribution in [1.29, 1.82) is 0 Å². The fourth-order valence-electron chi connectivity index (χ4n) is 7.25. The number of sulfonamides is 2. The highest BCUT2D eigenvalue weighted by Gasteiger charge is 2.45. The van der Waals surface area contributed by atoms with Gasteiger partial charge < -0.3 is 5.11 Å². The van der Waals surface area contributed by atoms with E-state index >= 15 is 0 Å². The number of nitrogens with zero attached hydrogens (tertiary/aromatic N) is 1. The molecule has 248 valence electrons. The van der Waals surface area contributed by atoms with Crippen molar-refractivity contribution in [3.63, 3.8) is 0 Å². The van der Waals surface area contributed by atoms with Crippen LogP contribution in [0.25, 0.3) is 0 Å². The highest BCUT2D eigenvalue weighted by Crippen LogP contribution is 2.36. The molecule has 3 aromatic carbocycles. The zero-order valence-electron chi connectivity index (χ0n) is 25.8. The molecule has 9 nitrogen and oxygen atoms in total. The van der Waals surface area contributed by atoms with Gasteiger partial charge in [-0.25, -0.2) is 25.3 Å². The third kappa shape index (κ3) is 7.14. The minimum atomic E-state index is -4.30. The molecule has 0 radical (unpaired) electrons. The molecular formula is C34H42N2O7S3. The summed E-state index contributed by atoms with van der Waals surface area (Å²) in [7, 11) is -11.9. The number of hydrogen-bond acceptors (Lipinski definition) is 7. The largest absolute Gasteiger partial charge is 0.390 e. The van der Waals surface area contributed by atoms with Gasteiger partial charge in [0.2, 0.25) is 0 Å². The van der Waals surface area contributed by atoms with Crippen molar-refractivity contribution < 1.29 is 30.4 Å². The summed E-state index contributed by atoms with van der Waals surface area (Å²) in [5.41, 5.74) is 2.56. The molecule has 0 amide bonds. The number of benzene rings is 3. The van der Waals surface area contributed by atoms with E-state index in [9.17, 15) is 30.4 Å². The molecule has 6 rings (SSSR count). The molecule has 0 spiro atoms. The first-order valence-corrected chi connectivity index (χ1v) is 20.9. The summed E-state index contributed by atoms with van der Waals surface area (Å²) in [5.74, 6) is -0.233. The van der Waals surface area contributed by atoms with Crippen LogP contribution in [0.2, 0.25) is 0 Å². The van der Waals surface area contributed by atoms with E-state index in [1.54, 1.807) is 24.3 Å². The molecule has 12 heteroatoms. The predicted molar refractivity (Wildman–Crippen MR) is 180 cm³/mol. The summed E-state index contributed by atoms with van der Waals surface area (Å²) in [5, 5.41) is 10.7. The fraction of sp³-hybridized carbons (Fsp3) is 0.471. The van der Waals surface area contributed by atoms with E-state index in [0.29, 0.717) is 11.8 Å². The molecule has 2 saturated carbocycles. The topological polar surface area (TPSA) is 138 Å². The van der Waals surface area contributed by atoms with Gasteiger partial charge in [0.25, 0.3) is 20.0 Å². The number of rotatable bonds is 9. The lowest BCUT2D eigenvalue weighted by Crippen LogP contribution is -2.47. The van der Waals surface area contributed by atoms with Crippen LogP contribution in [0.5, 0.6) is 0 Å². The minimum absolute atomic E-state index is 0.00925. The van der Waals surface area contributed by atoms with Crippen molar-refractivity contribution in [2.75, 3.05) is 20.5 Å². The number of sulfone groups is 1. The molecule has 3 aromatic rings. The summed E-state index contributed by atoms with van der Waals surface area (Å²) < 4.78 is 83.1. The molecule has 1 heterocycles. The molecule has 1 aliphatic heterocycles. The van der Waals surface area contributed by atoms with E-state index in [1.807, 2.05) is 24.3 Å². The van der Waals surface area contributed by atoms with Crippen LogP contribution in [0, 0.1) is 0 Å². The van der Waals surface area contributed by atoms with Crippen molar-refractivity contribution >= 4 is 41.3 Å². The Balaban J connectivity index is 1.25. The molecule has 3 fully saturated rings. The van der Waals surface area contributed by atoms with Crippen LogP contribution in [0.1, 0.15) is 87.2 Å². The van der Waals surface area contributed by atoms with Gasteiger partial charge in [-0.05, 0) is 97.2 Å². The molecule has 0 aromatic heterocycles. The minimum Gasteiger partial charge on any atom is -0.390 e. The SMILES string of the molecule is O=S1(=O)C[C@@H](O)[C@H](N(c2ccc(NS(=O)(=O)c3ccc(C4CCCCC4)cc3)cc2)S(=O)(=O)c2ccc(C3CCCCC3)cc2)C1. The lowest BCUT2D eigenvalue weighted by atomic mass is 9.84. The second kappa shape index (κ2) is 13.3. The molecule has 0 bridgehead atoms. The molecule has 3 aliphatic rings. The number of aliphatic hydroxyl groups is 1. The molecule has 46 heavy (non-hydrogen) atoms. The Bertz CT molecular complexity index is 1830. The maximum atomic E-state index is 14.1. The Hall–Kier alpha value is -2.93. The smallest absolute Gasteiger partial charge is 0.264 e. The zero-order chi connectivity index (χ0) is 32.5. The summed E-state index contributed by atoms with van der Waals surface area (Å²) >= 11 is 0. The summed E-state index contributed by atoms with van der Waals surface area (Å²) in [4.78, 5) is 0.112. The molecule has 2 aliphatic carbocycles. The van der Waals surface area contributed by atoms with Crippen molar-refractivity contribution in [1.82, 2.24) is 0 Å². The van der Waals surface area contributed by atoms with E-state index in [2.05, 4.69) is 4.72 Å². The Kier molecular flexibility index (Phi) is 9.53. The quantitative estimate of drug-likeness (QED) is 0.284. The van der Waals surface area contributed by atoms with Crippen LogP contribution >= 0.6 is 0 Å². The van der Waals surface area contributed by atoms with Gasteiger partial charge in [0.05, 0.1) is 39.1 Å². The van der Waals surface area contributed by atoms with Gasteiger partial charge in [0.1, 0.15) is 0 Å². The van der Waals surface area contributed by atoms with Gasteiger partial charge >= 0.3 is 0 Å². The van der Waals surface area contributed by atoms with E-state index in [0.717, 1.165) is 54.0 Å². The van der Waals surface area contributed by atoms with Crippen LogP contribution < -0.4 is 9.03 Å². The first-order valence-electron chi connectivity index (χ1n) is 16.2. The average Bonchev–Trinajstić information content (AvgIpc) is 3.33. The number of anilines is 2.